The molecular formula is C23H38N2O5. The van der Waals surface area contributed by atoms with Gasteiger partial charge in [-0.15, -0.1) is 0 Å². The van der Waals surface area contributed by atoms with Crippen LogP contribution in [0.1, 0.15) is 77.6 Å². The fourth-order valence-corrected chi connectivity index (χ4v) is 4.55. The highest BCUT2D eigenvalue weighted by molar-refractivity contribution is 5.96. The van der Waals surface area contributed by atoms with Crippen molar-refractivity contribution in [2.45, 2.75) is 89.8 Å². The fourth-order valence-electron chi connectivity index (χ4n) is 4.55. The molecule has 0 aliphatic carbocycles. The monoisotopic (exact) mass is 422 g/mol. The van der Waals surface area contributed by atoms with Crippen LogP contribution in [0.15, 0.2) is 12.2 Å². The minimum absolute atomic E-state index is 0.114. The molecule has 170 valence electrons. The molecule has 2 aliphatic heterocycles. The van der Waals surface area contributed by atoms with Gasteiger partial charge in [0.1, 0.15) is 6.42 Å². The Morgan fingerprint density at radius 1 is 0.967 bits per heavy atom. The van der Waals surface area contributed by atoms with Crippen molar-refractivity contribution >= 4 is 17.8 Å². The Labute approximate surface area is 180 Å². The molecule has 2 amide bonds. The summed E-state index contributed by atoms with van der Waals surface area (Å²) in [6.45, 7) is 3.31. The average molecular weight is 423 g/mol. The summed E-state index contributed by atoms with van der Waals surface area (Å²) in [6.07, 6.45) is 13.4. The van der Waals surface area contributed by atoms with E-state index < -0.39 is 5.97 Å². The van der Waals surface area contributed by atoms with E-state index in [1.165, 1.54) is 0 Å². The number of hydrogen-bond donors (Lipinski definition) is 3. The van der Waals surface area contributed by atoms with E-state index in [1.807, 2.05) is 0 Å². The number of nitrogens with one attached hydrogen (secondary N) is 2. The Morgan fingerprint density at radius 2 is 1.67 bits per heavy atom. The van der Waals surface area contributed by atoms with Crippen molar-refractivity contribution in [2.24, 2.45) is 11.8 Å². The molecule has 2 heterocycles. The first-order valence-corrected chi connectivity index (χ1v) is 11.6. The highest BCUT2D eigenvalue weighted by atomic mass is 16.5. The smallest absolute Gasteiger partial charge is 0.303 e. The van der Waals surface area contributed by atoms with Gasteiger partial charge < -0.3 is 20.5 Å². The first-order chi connectivity index (χ1) is 14.5. The lowest BCUT2D eigenvalue weighted by molar-refractivity contribution is -0.137. The Bertz CT molecular complexity index is 592. The third-order valence-electron chi connectivity index (χ3n) is 6.14. The van der Waals surface area contributed by atoms with Gasteiger partial charge in [-0.25, -0.2) is 0 Å². The van der Waals surface area contributed by atoms with E-state index in [4.69, 9.17) is 9.84 Å². The molecule has 0 aromatic heterocycles. The van der Waals surface area contributed by atoms with Gasteiger partial charge in [0, 0.05) is 25.4 Å². The molecule has 2 bridgehead atoms. The van der Waals surface area contributed by atoms with Gasteiger partial charge in [-0.05, 0) is 50.9 Å². The molecule has 7 heteroatoms. The van der Waals surface area contributed by atoms with Crippen LogP contribution in [0.3, 0.4) is 0 Å². The molecule has 2 aliphatic rings. The second-order valence-electron chi connectivity index (χ2n) is 8.49. The number of amides is 2. The molecule has 0 aromatic rings. The lowest BCUT2D eigenvalue weighted by Gasteiger charge is -2.28. The van der Waals surface area contributed by atoms with Crippen molar-refractivity contribution in [3.05, 3.63) is 12.2 Å². The summed E-state index contributed by atoms with van der Waals surface area (Å²) in [6, 6.07) is 0. The van der Waals surface area contributed by atoms with Gasteiger partial charge in [-0.3, -0.25) is 14.4 Å². The number of carbonyl (C=O) groups is 3. The van der Waals surface area contributed by atoms with E-state index in [9.17, 15) is 14.4 Å². The Morgan fingerprint density at radius 3 is 2.40 bits per heavy atom. The zero-order valence-electron chi connectivity index (χ0n) is 18.2. The number of fused-ring (bicyclic) bond motifs is 2. The first kappa shape index (κ1) is 24.4. The van der Waals surface area contributed by atoms with Crippen LogP contribution in [0, 0.1) is 11.8 Å². The topological polar surface area (TPSA) is 105 Å². The molecule has 2 fully saturated rings. The summed E-state index contributed by atoms with van der Waals surface area (Å²) in [5.74, 6) is -0.446. The predicted octanol–water partition coefficient (Wildman–Crippen LogP) is 3.18. The second-order valence-corrected chi connectivity index (χ2v) is 8.49. The van der Waals surface area contributed by atoms with Crippen LogP contribution in [0.5, 0.6) is 0 Å². The van der Waals surface area contributed by atoms with Crippen LogP contribution in [0.2, 0.25) is 0 Å². The highest BCUT2D eigenvalue weighted by Gasteiger charge is 2.48. The Kier molecular flexibility index (Phi) is 10.9. The molecule has 0 spiro atoms. The van der Waals surface area contributed by atoms with Crippen LogP contribution in [0.4, 0.5) is 0 Å². The summed E-state index contributed by atoms with van der Waals surface area (Å²) in [5, 5.41) is 14.4. The molecule has 0 radical (unpaired) electrons. The number of carboxylic acids is 1. The quantitative estimate of drug-likeness (QED) is 0.214. The lowest BCUT2D eigenvalue weighted by atomic mass is 9.77. The van der Waals surface area contributed by atoms with Crippen LogP contribution >= 0.6 is 0 Å². The minimum Gasteiger partial charge on any atom is -0.481 e. The molecule has 0 aromatic carbocycles. The number of allylic oxidation sites excluding steroid dienone is 2. The number of rotatable bonds is 15. The van der Waals surface area contributed by atoms with E-state index in [2.05, 4.69) is 29.7 Å². The predicted molar refractivity (Wildman–Crippen MR) is 115 cm³/mol. The number of hydrogen-bond acceptors (Lipinski definition) is 4. The number of carbonyl (C=O) groups excluding carboxylic acids is 2. The standard InChI is InChI=1S/C23H38N2O5/c1-2-3-9-14-24-21(26)15-22(27)25-16-18-17(19-12-13-20(18)30-19)10-7-5-4-6-8-11-23(28)29/h4-5,17-20H,2-3,6-16H2,1H3,(H,24,26)(H,25,27)(H,28,29)/b5-4-/t17-,18+,19-,20+/m0/s1. The van der Waals surface area contributed by atoms with Gasteiger partial charge in [-0.1, -0.05) is 31.9 Å². The van der Waals surface area contributed by atoms with E-state index in [0.29, 0.717) is 31.3 Å². The van der Waals surface area contributed by atoms with Crippen molar-refractivity contribution in [3.63, 3.8) is 0 Å². The maximum Gasteiger partial charge on any atom is 0.303 e. The number of carboxylic acid groups (broad SMARTS) is 1. The molecule has 4 atom stereocenters. The van der Waals surface area contributed by atoms with Crippen LogP contribution in [-0.2, 0) is 19.1 Å². The minimum atomic E-state index is -0.749. The Balaban J connectivity index is 1.67. The van der Waals surface area contributed by atoms with E-state index in [-0.39, 0.29) is 36.9 Å². The summed E-state index contributed by atoms with van der Waals surface area (Å²) in [4.78, 5) is 34.5. The summed E-state index contributed by atoms with van der Waals surface area (Å²) < 4.78 is 6.09. The second kappa shape index (κ2) is 13.4. The third kappa shape index (κ3) is 8.46. The maximum absolute atomic E-state index is 12.2. The van der Waals surface area contributed by atoms with Crippen molar-refractivity contribution in [3.8, 4) is 0 Å². The number of unbranched alkanes of at least 4 members (excludes halogenated alkanes) is 3. The van der Waals surface area contributed by atoms with E-state index in [0.717, 1.165) is 51.4 Å². The van der Waals surface area contributed by atoms with Crippen molar-refractivity contribution < 1.29 is 24.2 Å². The molecule has 7 nitrogen and oxygen atoms in total. The third-order valence-corrected chi connectivity index (χ3v) is 6.14. The van der Waals surface area contributed by atoms with Gasteiger partial charge in [0.15, 0.2) is 0 Å². The van der Waals surface area contributed by atoms with Crippen molar-refractivity contribution in [1.29, 1.82) is 0 Å². The van der Waals surface area contributed by atoms with E-state index >= 15 is 0 Å². The maximum atomic E-state index is 12.2. The molecule has 30 heavy (non-hydrogen) atoms. The van der Waals surface area contributed by atoms with Gasteiger partial charge in [0.2, 0.25) is 11.8 Å². The summed E-state index contributed by atoms with van der Waals surface area (Å²) in [7, 11) is 0. The molecule has 0 unspecified atom stereocenters. The van der Waals surface area contributed by atoms with Gasteiger partial charge in [-0.2, -0.15) is 0 Å². The summed E-state index contributed by atoms with van der Waals surface area (Å²) in [5.41, 5.74) is 0. The molecular weight excluding hydrogens is 384 g/mol. The van der Waals surface area contributed by atoms with Gasteiger partial charge >= 0.3 is 5.97 Å². The normalized spacial score (nSPS) is 25.0. The largest absolute Gasteiger partial charge is 0.481 e. The number of ether oxygens (including phenoxy) is 1. The molecule has 2 saturated heterocycles. The highest BCUT2D eigenvalue weighted by Crippen LogP contribution is 2.45. The molecule has 2 rings (SSSR count). The van der Waals surface area contributed by atoms with Gasteiger partial charge in [0.25, 0.3) is 0 Å². The fraction of sp³-hybridized carbons (Fsp3) is 0.783. The lowest BCUT2D eigenvalue weighted by Crippen LogP contribution is -2.39. The average Bonchev–Trinajstić information content (AvgIpc) is 3.30. The summed E-state index contributed by atoms with van der Waals surface area (Å²) >= 11 is 0. The van der Waals surface area contributed by atoms with Crippen LogP contribution in [0.25, 0.3) is 0 Å². The number of aliphatic carboxylic acids is 1. The first-order valence-electron chi connectivity index (χ1n) is 11.6. The zero-order chi connectivity index (χ0) is 21.8. The van der Waals surface area contributed by atoms with Gasteiger partial charge in [0.05, 0.1) is 12.2 Å². The molecule has 3 N–H and O–H groups in total. The SMILES string of the molecule is CCCCCNC(=O)CC(=O)NC[C@@H]1[C@H](CC/C=C\CCCC(=O)O)[C@@H]2CC[C@H]1O2. The Hall–Kier alpha value is -1.89. The van der Waals surface area contributed by atoms with Crippen molar-refractivity contribution in [2.75, 3.05) is 13.1 Å². The van der Waals surface area contributed by atoms with Crippen LogP contribution < -0.4 is 10.6 Å². The molecule has 0 saturated carbocycles. The zero-order valence-corrected chi connectivity index (χ0v) is 18.2. The van der Waals surface area contributed by atoms with E-state index in [1.54, 1.807) is 0 Å². The van der Waals surface area contributed by atoms with Crippen molar-refractivity contribution in [1.82, 2.24) is 10.6 Å². The van der Waals surface area contributed by atoms with Crippen LogP contribution in [-0.4, -0.2) is 48.2 Å².